The molecule has 1 aromatic heterocycles. The van der Waals surface area contributed by atoms with Gasteiger partial charge in [0.15, 0.2) is 0 Å². The summed E-state index contributed by atoms with van der Waals surface area (Å²) in [5.41, 5.74) is 2.03. The average molecular weight is 269 g/mol. The van der Waals surface area contributed by atoms with Crippen molar-refractivity contribution < 1.29 is 4.79 Å². The molecule has 2 aromatic rings. The van der Waals surface area contributed by atoms with Crippen LogP contribution in [0.15, 0.2) is 41.8 Å². The van der Waals surface area contributed by atoms with Gasteiger partial charge in [-0.3, -0.25) is 4.79 Å². The van der Waals surface area contributed by atoms with Crippen molar-refractivity contribution in [2.75, 3.05) is 0 Å². The number of hydrogen-bond donors (Lipinski definition) is 1. The molecule has 0 spiro atoms. The fraction of sp³-hybridized carbons (Fsp3) is 0.188. The van der Waals surface area contributed by atoms with Gasteiger partial charge < -0.3 is 5.32 Å². The van der Waals surface area contributed by atoms with Crippen LogP contribution in [0.5, 0.6) is 0 Å². The van der Waals surface area contributed by atoms with Crippen molar-refractivity contribution in [1.82, 2.24) is 5.32 Å². The highest BCUT2D eigenvalue weighted by Crippen LogP contribution is 2.20. The van der Waals surface area contributed by atoms with Gasteiger partial charge in [-0.2, -0.15) is 0 Å². The van der Waals surface area contributed by atoms with E-state index in [1.165, 1.54) is 11.3 Å². The van der Waals surface area contributed by atoms with Crippen molar-refractivity contribution in [2.45, 2.75) is 19.4 Å². The number of benzene rings is 1. The summed E-state index contributed by atoms with van der Waals surface area (Å²) in [7, 11) is 0. The van der Waals surface area contributed by atoms with Gasteiger partial charge in [0, 0.05) is 6.42 Å². The number of nitrogens with one attached hydrogen (secondary N) is 1. The molecule has 2 nitrogen and oxygen atoms in total. The Morgan fingerprint density at radius 2 is 2.11 bits per heavy atom. The minimum Gasteiger partial charge on any atom is -0.344 e. The summed E-state index contributed by atoms with van der Waals surface area (Å²) in [5.74, 6) is 2.56. The molecule has 0 bridgehead atoms. The van der Waals surface area contributed by atoms with Crippen molar-refractivity contribution in [2.24, 2.45) is 0 Å². The van der Waals surface area contributed by atoms with E-state index in [1.807, 2.05) is 48.7 Å². The van der Waals surface area contributed by atoms with Gasteiger partial charge in [0.1, 0.15) is 0 Å². The van der Waals surface area contributed by atoms with E-state index in [0.717, 1.165) is 16.0 Å². The Balaban J connectivity index is 2.17. The quantitative estimate of drug-likeness (QED) is 0.845. The van der Waals surface area contributed by atoms with Crippen LogP contribution < -0.4 is 5.32 Å². The SMILES string of the molecule is C#CCC(NC(=O)c1sccc1C)c1ccccc1. The molecular weight excluding hydrogens is 254 g/mol. The lowest BCUT2D eigenvalue weighted by atomic mass is 10.0. The van der Waals surface area contributed by atoms with Crippen LogP contribution in [0.3, 0.4) is 0 Å². The number of rotatable bonds is 4. The number of aryl methyl sites for hydroxylation is 1. The van der Waals surface area contributed by atoms with Crippen LogP contribution in [0.2, 0.25) is 0 Å². The molecule has 1 atom stereocenters. The number of thiophene rings is 1. The Morgan fingerprint density at radius 1 is 1.37 bits per heavy atom. The Morgan fingerprint density at radius 3 is 2.68 bits per heavy atom. The van der Waals surface area contributed by atoms with Gasteiger partial charge in [-0.25, -0.2) is 0 Å². The highest BCUT2D eigenvalue weighted by atomic mass is 32.1. The number of terminal acetylenes is 1. The minimum absolute atomic E-state index is 0.0587. The van der Waals surface area contributed by atoms with Crippen molar-refractivity contribution in [3.63, 3.8) is 0 Å². The largest absolute Gasteiger partial charge is 0.344 e. The van der Waals surface area contributed by atoms with Crippen LogP contribution in [-0.4, -0.2) is 5.91 Å². The lowest BCUT2D eigenvalue weighted by molar-refractivity contribution is 0.0941. The molecule has 0 radical (unpaired) electrons. The average Bonchev–Trinajstić information content (AvgIpc) is 2.85. The van der Waals surface area contributed by atoms with E-state index in [1.54, 1.807) is 0 Å². The normalized spacial score (nSPS) is 11.6. The molecule has 3 heteroatoms. The molecule has 1 N–H and O–H groups in total. The van der Waals surface area contributed by atoms with Gasteiger partial charge in [-0.05, 0) is 29.5 Å². The number of carbonyl (C=O) groups excluding carboxylic acids is 1. The van der Waals surface area contributed by atoms with E-state index < -0.39 is 0 Å². The third-order valence-corrected chi connectivity index (χ3v) is 3.91. The summed E-state index contributed by atoms with van der Waals surface area (Å²) in [4.78, 5) is 13.0. The molecule has 1 amide bonds. The van der Waals surface area contributed by atoms with Crippen LogP contribution in [0.4, 0.5) is 0 Å². The fourth-order valence-electron chi connectivity index (χ4n) is 1.88. The predicted molar refractivity (Wildman–Crippen MR) is 79.2 cm³/mol. The zero-order valence-electron chi connectivity index (χ0n) is 10.7. The lowest BCUT2D eigenvalue weighted by Gasteiger charge is -2.16. The van der Waals surface area contributed by atoms with Crippen molar-refractivity contribution >= 4 is 17.2 Å². The third kappa shape index (κ3) is 3.24. The summed E-state index contributed by atoms with van der Waals surface area (Å²) >= 11 is 1.45. The lowest BCUT2D eigenvalue weighted by Crippen LogP contribution is -2.28. The van der Waals surface area contributed by atoms with E-state index in [-0.39, 0.29) is 11.9 Å². The van der Waals surface area contributed by atoms with E-state index >= 15 is 0 Å². The topological polar surface area (TPSA) is 29.1 Å². The second kappa shape index (κ2) is 6.21. The third-order valence-electron chi connectivity index (χ3n) is 2.90. The Kier molecular flexibility index (Phi) is 4.38. The van der Waals surface area contributed by atoms with Gasteiger partial charge in [0.2, 0.25) is 0 Å². The molecule has 1 aromatic carbocycles. The molecule has 0 aliphatic rings. The second-order valence-corrected chi connectivity index (χ2v) is 5.19. The van der Waals surface area contributed by atoms with Crippen LogP contribution in [0.25, 0.3) is 0 Å². The molecule has 96 valence electrons. The summed E-state index contributed by atoms with van der Waals surface area (Å²) in [6.45, 7) is 1.93. The Labute approximate surface area is 117 Å². The maximum absolute atomic E-state index is 12.2. The van der Waals surface area contributed by atoms with Crippen LogP contribution >= 0.6 is 11.3 Å². The number of amides is 1. The highest BCUT2D eigenvalue weighted by molar-refractivity contribution is 7.12. The standard InChI is InChI=1S/C16H15NOS/c1-3-7-14(13-8-5-4-6-9-13)17-16(18)15-12(2)10-11-19-15/h1,4-6,8-11,14H,7H2,2H3,(H,17,18). The first kappa shape index (κ1) is 13.4. The van der Waals surface area contributed by atoms with E-state index in [9.17, 15) is 4.79 Å². The molecular formula is C16H15NOS. The maximum Gasteiger partial charge on any atom is 0.262 e. The molecule has 0 saturated carbocycles. The van der Waals surface area contributed by atoms with Crippen molar-refractivity contribution in [3.8, 4) is 12.3 Å². The number of carbonyl (C=O) groups is 1. The Hall–Kier alpha value is -2.05. The van der Waals surface area contributed by atoms with Crippen molar-refractivity contribution in [3.05, 3.63) is 57.8 Å². The maximum atomic E-state index is 12.2. The smallest absolute Gasteiger partial charge is 0.262 e. The molecule has 0 fully saturated rings. The van der Waals surface area contributed by atoms with Crippen LogP contribution in [0.1, 0.15) is 33.3 Å². The molecule has 1 heterocycles. The number of hydrogen-bond acceptors (Lipinski definition) is 2. The monoisotopic (exact) mass is 269 g/mol. The highest BCUT2D eigenvalue weighted by Gasteiger charge is 2.16. The second-order valence-electron chi connectivity index (χ2n) is 4.28. The first-order valence-electron chi connectivity index (χ1n) is 6.05. The van der Waals surface area contributed by atoms with Gasteiger partial charge >= 0.3 is 0 Å². The van der Waals surface area contributed by atoms with Gasteiger partial charge in [0.05, 0.1) is 10.9 Å². The molecule has 0 aliphatic carbocycles. The van der Waals surface area contributed by atoms with Crippen LogP contribution in [-0.2, 0) is 0 Å². The summed E-state index contributed by atoms with van der Waals surface area (Å²) in [5, 5.41) is 4.93. The van der Waals surface area contributed by atoms with E-state index in [2.05, 4.69) is 11.2 Å². The zero-order valence-corrected chi connectivity index (χ0v) is 11.5. The van der Waals surface area contributed by atoms with Gasteiger partial charge in [-0.15, -0.1) is 23.7 Å². The zero-order chi connectivity index (χ0) is 13.7. The molecule has 1 unspecified atom stereocenters. The molecule has 2 rings (SSSR count). The first-order chi connectivity index (χ1) is 9.22. The summed E-state index contributed by atoms with van der Waals surface area (Å²) < 4.78 is 0. The molecule has 0 saturated heterocycles. The summed E-state index contributed by atoms with van der Waals surface area (Å²) in [6.07, 6.45) is 5.88. The first-order valence-corrected chi connectivity index (χ1v) is 6.93. The predicted octanol–water partition coefficient (Wildman–Crippen LogP) is 3.55. The van der Waals surface area contributed by atoms with Crippen LogP contribution in [0, 0.1) is 19.3 Å². The van der Waals surface area contributed by atoms with E-state index in [4.69, 9.17) is 6.42 Å². The van der Waals surface area contributed by atoms with Gasteiger partial charge in [-0.1, -0.05) is 30.3 Å². The minimum atomic E-state index is -0.139. The fourth-order valence-corrected chi connectivity index (χ4v) is 2.71. The Bertz CT molecular complexity index is 595. The molecule has 0 aliphatic heterocycles. The van der Waals surface area contributed by atoms with Crippen molar-refractivity contribution in [1.29, 1.82) is 0 Å². The molecule has 19 heavy (non-hydrogen) atoms. The van der Waals surface area contributed by atoms with E-state index in [0.29, 0.717) is 6.42 Å². The summed E-state index contributed by atoms with van der Waals surface area (Å²) in [6, 6.07) is 11.6. The van der Waals surface area contributed by atoms with Gasteiger partial charge in [0.25, 0.3) is 5.91 Å².